The number of aryl methyl sites for hydroxylation is 1. The number of thiocarbonyl (C=S) groups is 1. The quantitative estimate of drug-likeness (QED) is 0.346. The molecule has 0 unspecified atom stereocenters. The van der Waals surface area contributed by atoms with Crippen molar-refractivity contribution >= 4 is 40.3 Å². The lowest BCUT2D eigenvalue weighted by molar-refractivity contribution is -0.122. The van der Waals surface area contributed by atoms with Gasteiger partial charge in [0, 0.05) is 23.9 Å². The Labute approximate surface area is 198 Å². The van der Waals surface area contributed by atoms with Crippen LogP contribution in [0.5, 0.6) is 5.75 Å². The van der Waals surface area contributed by atoms with E-state index in [1.54, 1.807) is 12.0 Å². The minimum Gasteiger partial charge on any atom is -0.496 e. The summed E-state index contributed by atoms with van der Waals surface area (Å²) in [7, 11) is 1.66. The molecule has 1 saturated heterocycles. The predicted molar refractivity (Wildman–Crippen MR) is 135 cm³/mol. The van der Waals surface area contributed by atoms with E-state index in [2.05, 4.69) is 19.9 Å². The fourth-order valence-corrected chi connectivity index (χ4v) is 4.89. The summed E-state index contributed by atoms with van der Waals surface area (Å²) in [6.07, 6.45) is 3.86. The molecule has 0 aliphatic carbocycles. The maximum absolute atomic E-state index is 13.0. The number of rotatable bonds is 6. The number of para-hydroxylation sites is 1. The number of methoxy groups -OCH3 is 1. The van der Waals surface area contributed by atoms with Crippen LogP contribution in [0.15, 0.2) is 59.6 Å². The van der Waals surface area contributed by atoms with Gasteiger partial charge in [-0.15, -0.1) is 0 Å². The van der Waals surface area contributed by atoms with Gasteiger partial charge in [0.2, 0.25) is 0 Å². The van der Waals surface area contributed by atoms with Crippen LogP contribution in [-0.4, -0.2) is 38.6 Å². The summed E-state index contributed by atoms with van der Waals surface area (Å²) in [5.74, 6) is 1.13. The van der Waals surface area contributed by atoms with Crippen molar-refractivity contribution in [1.29, 1.82) is 0 Å². The Morgan fingerprint density at radius 1 is 1.19 bits per heavy atom. The number of thioether (sulfide) groups is 1. The van der Waals surface area contributed by atoms with Crippen LogP contribution in [0.4, 0.5) is 0 Å². The third kappa shape index (κ3) is 4.49. The monoisotopic (exact) mass is 463 g/mol. The second kappa shape index (κ2) is 9.30. The first kappa shape index (κ1) is 22.3. The Hall–Kier alpha value is -2.90. The molecule has 1 aliphatic heterocycles. The van der Waals surface area contributed by atoms with E-state index in [9.17, 15) is 4.79 Å². The van der Waals surface area contributed by atoms with Crippen molar-refractivity contribution < 1.29 is 9.53 Å². The van der Waals surface area contributed by atoms with E-state index in [4.69, 9.17) is 22.1 Å². The first-order chi connectivity index (χ1) is 15.4. The normalized spacial score (nSPS) is 15.3. The SMILES string of the molecule is COc1ccc(-c2nn(-c3ccccc3)cc2/C=C2/SC(=S)N(CC(C)C)C2=O)cc1C. The molecule has 0 bridgehead atoms. The Morgan fingerprint density at radius 2 is 1.94 bits per heavy atom. The first-order valence-electron chi connectivity index (χ1n) is 10.4. The van der Waals surface area contributed by atoms with Gasteiger partial charge in [-0.25, -0.2) is 4.68 Å². The molecule has 1 aliphatic rings. The number of aromatic nitrogens is 2. The van der Waals surface area contributed by atoms with Gasteiger partial charge in [-0.1, -0.05) is 56.0 Å². The molecule has 3 aromatic rings. The molecule has 32 heavy (non-hydrogen) atoms. The van der Waals surface area contributed by atoms with Gasteiger partial charge in [-0.3, -0.25) is 9.69 Å². The zero-order valence-corrected chi connectivity index (χ0v) is 20.2. The van der Waals surface area contributed by atoms with Gasteiger partial charge in [-0.2, -0.15) is 5.10 Å². The number of nitrogens with zero attached hydrogens (tertiary/aromatic N) is 3. The van der Waals surface area contributed by atoms with Crippen molar-refractivity contribution in [3.8, 4) is 22.7 Å². The lowest BCUT2D eigenvalue weighted by Crippen LogP contribution is -2.31. The average molecular weight is 464 g/mol. The van der Waals surface area contributed by atoms with Gasteiger partial charge in [0.1, 0.15) is 15.8 Å². The molecule has 0 atom stereocenters. The Bertz CT molecular complexity index is 1200. The molecule has 0 spiro atoms. The van der Waals surface area contributed by atoms with Gasteiger partial charge in [0.15, 0.2) is 0 Å². The third-order valence-electron chi connectivity index (χ3n) is 5.14. The molecule has 2 aromatic carbocycles. The summed E-state index contributed by atoms with van der Waals surface area (Å²) in [4.78, 5) is 15.3. The van der Waals surface area contributed by atoms with Crippen LogP contribution in [0.3, 0.4) is 0 Å². The maximum Gasteiger partial charge on any atom is 0.266 e. The largest absolute Gasteiger partial charge is 0.496 e. The van der Waals surface area contributed by atoms with E-state index in [0.717, 1.165) is 33.8 Å². The van der Waals surface area contributed by atoms with Crippen LogP contribution in [0.2, 0.25) is 0 Å². The summed E-state index contributed by atoms with van der Waals surface area (Å²) in [6.45, 7) is 6.79. The van der Waals surface area contributed by atoms with Gasteiger partial charge in [-0.05, 0) is 54.8 Å². The topological polar surface area (TPSA) is 47.4 Å². The van der Waals surface area contributed by atoms with Crippen molar-refractivity contribution in [2.75, 3.05) is 13.7 Å². The Kier molecular flexibility index (Phi) is 6.48. The lowest BCUT2D eigenvalue weighted by atomic mass is 10.0. The standard InChI is InChI=1S/C25H25N3O2S2/c1-16(2)14-27-24(29)22(32-25(27)31)13-19-15-28(20-8-6-5-7-9-20)26-23(19)18-10-11-21(30-4)17(3)12-18/h5-13,15-16H,14H2,1-4H3/b22-13+. The number of ether oxygens (including phenoxy) is 1. The van der Waals surface area contributed by atoms with Crippen molar-refractivity contribution in [2.45, 2.75) is 20.8 Å². The van der Waals surface area contributed by atoms with Crippen LogP contribution in [-0.2, 0) is 4.79 Å². The molecule has 1 aromatic heterocycles. The predicted octanol–water partition coefficient (Wildman–Crippen LogP) is 5.71. The molecule has 0 radical (unpaired) electrons. The van der Waals surface area contributed by atoms with Gasteiger partial charge in [0.05, 0.1) is 17.7 Å². The molecule has 1 fully saturated rings. The van der Waals surface area contributed by atoms with Crippen LogP contribution < -0.4 is 4.74 Å². The van der Waals surface area contributed by atoms with Crippen LogP contribution in [0.25, 0.3) is 23.0 Å². The van der Waals surface area contributed by atoms with Gasteiger partial charge < -0.3 is 4.74 Å². The van der Waals surface area contributed by atoms with E-state index in [-0.39, 0.29) is 5.91 Å². The molecule has 7 heteroatoms. The van der Waals surface area contributed by atoms with Gasteiger partial charge >= 0.3 is 0 Å². The van der Waals surface area contributed by atoms with Crippen LogP contribution in [0.1, 0.15) is 25.0 Å². The van der Waals surface area contributed by atoms with E-state index >= 15 is 0 Å². The molecule has 1 amide bonds. The number of carbonyl (C=O) groups is 1. The highest BCUT2D eigenvalue weighted by Gasteiger charge is 2.32. The second-order valence-electron chi connectivity index (χ2n) is 8.08. The highest BCUT2D eigenvalue weighted by atomic mass is 32.2. The first-order valence-corrected chi connectivity index (χ1v) is 11.7. The smallest absolute Gasteiger partial charge is 0.266 e. The number of benzene rings is 2. The van der Waals surface area contributed by atoms with Crippen molar-refractivity contribution in [1.82, 2.24) is 14.7 Å². The van der Waals surface area contributed by atoms with Crippen molar-refractivity contribution in [3.05, 3.63) is 70.8 Å². The zero-order chi connectivity index (χ0) is 22.8. The molecule has 2 heterocycles. The fourth-order valence-electron chi connectivity index (χ4n) is 3.62. The minimum atomic E-state index is -0.0435. The second-order valence-corrected chi connectivity index (χ2v) is 9.76. The molecular formula is C25H25N3O2S2. The van der Waals surface area contributed by atoms with Crippen LogP contribution in [0, 0.1) is 12.8 Å². The molecular weight excluding hydrogens is 438 g/mol. The summed E-state index contributed by atoms with van der Waals surface area (Å²) in [6, 6.07) is 15.9. The van der Waals surface area contributed by atoms with E-state index in [1.807, 2.05) is 66.3 Å². The van der Waals surface area contributed by atoms with E-state index in [0.29, 0.717) is 21.7 Å². The summed E-state index contributed by atoms with van der Waals surface area (Å²) >= 11 is 6.82. The number of hydrogen-bond donors (Lipinski definition) is 0. The van der Waals surface area contributed by atoms with Crippen molar-refractivity contribution in [2.24, 2.45) is 5.92 Å². The molecule has 0 N–H and O–H groups in total. The average Bonchev–Trinajstić information content (AvgIpc) is 3.31. The highest BCUT2D eigenvalue weighted by molar-refractivity contribution is 8.26. The number of amides is 1. The fraction of sp³-hybridized carbons (Fsp3) is 0.240. The zero-order valence-electron chi connectivity index (χ0n) is 18.5. The Morgan fingerprint density at radius 3 is 2.59 bits per heavy atom. The molecule has 164 valence electrons. The van der Waals surface area contributed by atoms with Crippen molar-refractivity contribution in [3.63, 3.8) is 0 Å². The van der Waals surface area contributed by atoms with E-state index in [1.165, 1.54) is 11.8 Å². The lowest BCUT2D eigenvalue weighted by Gasteiger charge is -2.16. The summed E-state index contributed by atoms with van der Waals surface area (Å²) in [5.41, 5.74) is 4.60. The van der Waals surface area contributed by atoms with Gasteiger partial charge in [0.25, 0.3) is 5.91 Å². The maximum atomic E-state index is 13.0. The van der Waals surface area contributed by atoms with E-state index < -0.39 is 0 Å². The third-order valence-corrected chi connectivity index (χ3v) is 6.52. The Balaban J connectivity index is 1.80. The summed E-state index contributed by atoms with van der Waals surface area (Å²) in [5, 5.41) is 4.87. The minimum absolute atomic E-state index is 0.0435. The summed E-state index contributed by atoms with van der Waals surface area (Å²) < 4.78 is 7.86. The highest BCUT2D eigenvalue weighted by Crippen LogP contribution is 2.36. The van der Waals surface area contributed by atoms with Crippen LogP contribution >= 0.6 is 24.0 Å². The molecule has 5 nitrogen and oxygen atoms in total. The number of hydrogen-bond acceptors (Lipinski definition) is 5. The molecule has 4 rings (SSSR count). The number of carbonyl (C=O) groups excluding carboxylic acids is 1. The molecule has 0 saturated carbocycles.